The number of thioether (sulfide) groups is 1. The summed E-state index contributed by atoms with van der Waals surface area (Å²) in [5.74, 6) is 0. The van der Waals surface area contributed by atoms with Crippen LogP contribution in [0.3, 0.4) is 0 Å². The van der Waals surface area contributed by atoms with Gasteiger partial charge >= 0.3 is 0 Å². The minimum atomic E-state index is -1.43. The van der Waals surface area contributed by atoms with E-state index in [1.165, 1.54) is 67.2 Å². The summed E-state index contributed by atoms with van der Waals surface area (Å²) in [6.07, 6.45) is 16.9. The third-order valence-electron chi connectivity index (χ3n) is 5.66. The van der Waals surface area contributed by atoms with Gasteiger partial charge in [-0.05, 0) is 35.9 Å². The fourth-order valence-electron chi connectivity index (χ4n) is 3.87. The van der Waals surface area contributed by atoms with Gasteiger partial charge in [0.05, 0.1) is 13.7 Å². The van der Waals surface area contributed by atoms with Crippen molar-refractivity contribution in [1.29, 1.82) is 0 Å². The van der Waals surface area contributed by atoms with Gasteiger partial charge in [-0.25, -0.2) is 0 Å². The molecule has 0 aromatic heterocycles. The van der Waals surface area contributed by atoms with E-state index < -0.39 is 13.7 Å². The van der Waals surface area contributed by atoms with Crippen molar-refractivity contribution in [3.8, 4) is 0 Å². The van der Waals surface area contributed by atoms with Crippen LogP contribution in [0.1, 0.15) is 77.0 Å². The zero-order valence-corrected chi connectivity index (χ0v) is 19.6. The molecule has 0 spiro atoms. The molecule has 1 aromatic carbocycles. The van der Waals surface area contributed by atoms with E-state index in [1.54, 1.807) is 0 Å². The largest absolute Gasteiger partial charge is 0.390 e. The van der Waals surface area contributed by atoms with Crippen molar-refractivity contribution in [2.45, 2.75) is 107 Å². The summed E-state index contributed by atoms with van der Waals surface area (Å²) < 4.78 is 1.51. The highest BCUT2D eigenvalue weighted by Gasteiger charge is 2.27. The van der Waals surface area contributed by atoms with Crippen molar-refractivity contribution in [2.75, 3.05) is 0 Å². The number of hydrogen-bond acceptors (Lipinski definition) is 2. The van der Waals surface area contributed by atoms with Gasteiger partial charge in [-0.3, -0.25) is 0 Å². The molecule has 1 aliphatic rings. The lowest BCUT2D eigenvalue weighted by Gasteiger charge is -2.29. The molecule has 2 rings (SSSR count). The minimum Gasteiger partial charge on any atom is -0.390 e. The smallest absolute Gasteiger partial charge is 0.0857 e. The third kappa shape index (κ3) is 9.02. The van der Waals surface area contributed by atoms with Gasteiger partial charge in [0.2, 0.25) is 0 Å². The quantitative estimate of drug-likeness (QED) is 0.396. The second-order valence-corrected chi connectivity index (χ2v) is 15.9. The number of aliphatic hydroxyl groups is 1. The second kappa shape index (κ2) is 11.5. The monoisotopic (exact) mass is 404 g/mol. The minimum absolute atomic E-state index is 0.499. The average molecular weight is 405 g/mol. The normalized spacial score (nSPS) is 20.5. The SMILES string of the molecule is C[Si](C)(C)C(=CCC1(O)CCCCCCCCCCC1)Sc1ccccc1. The molecule has 0 radical (unpaired) electrons. The highest BCUT2D eigenvalue weighted by atomic mass is 32.2. The van der Waals surface area contributed by atoms with E-state index in [-0.39, 0.29) is 0 Å². The molecule has 152 valence electrons. The highest BCUT2D eigenvalue weighted by molar-refractivity contribution is 8.05. The molecule has 1 aromatic rings. The molecule has 0 heterocycles. The van der Waals surface area contributed by atoms with E-state index in [4.69, 9.17) is 0 Å². The molecular formula is C24H40OSSi. The van der Waals surface area contributed by atoms with Crippen LogP contribution in [-0.4, -0.2) is 18.8 Å². The Balaban J connectivity index is 2.06. The Bertz CT molecular complexity index is 549. The molecule has 1 saturated carbocycles. The zero-order chi connectivity index (χ0) is 19.6. The molecule has 0 bridgehead atoms. The molecule has 0 atom stereocenters. The zero-order valence-electron chi connectivity index (χ0n) is 17.8. The van der Waals surface area contributed by atoms with Crippen LogP contribution >= 0.6 is 11.8 Å². The Morgan fingerprint density at radius 3 is 1.85 bits per heavy atom. The highest BCUT2D eigenvalue weighted by Crippen LogP contribution is 2.36. The van der Waals surface area contributed by atoms with Gasteiger partial charge in [0, 0.05) is 4.90 Å². The maximum atomic E-state index is 11.4. The Hall–Kier alpha value is -0.513. The van der Waals surface area contributed by atoms with Gasteiger partial charge in [-0.1, -0.05) is 113 Å². The predicted octanol–water partition coefficient (Wildman–Crippen LogP) is 7.97. The molecule has 3 heteroatoms. The van der Waals surface area contributed by atoms with Crippen molar-refractivity contribution in [1.82, 2.24) is 0 Å². The Labute approximate surface area is 173 Å². The predicted molar refractivity (Wildman–Crippen MR) is 124 cm³/mol. The molecule has 27 heavy (non-hydrogen) atoms. The number of hydrogen-bond donors (Lipinski definition) is 1. The van der Waals surface area contributed by atoms with Crippen molar-refractivity contribution in [3.05, 3.63) is 40.9 Å². The third-order valence-corrected chi connectivity index (χ3v) is 10.4. The van der Waals surface area contributed by atoms with Crippen molar-refractivity contribution in [3.63, 3.8) is 0 Å². The lowest BCUT2D eigenvalue weighted by Crippen LogP contribution is -2.29. The lowest BCUT2D eigenvalue weighted by molar-refractivity contribution is 0.0203. The molecule has 1 N–H and O–H groups in total. The van der Waals surface area contributed by atoms with Crippen LogP contribution in [0, 0.1) is 0 Å². The van der Waals surface area contributed by atoms with Crippen LogP contribution in [0.25, 0.3) is 0 Å². The summed E-state index contributed by atoms with van der Waals surface area (Å²) in [5, 5.41) is 11.4. The van der Waals surface area contributed by atoms with Crippen LogP contribution in [-0.2, 0) is 0 Å². The van der Waals surface area contributed by atoms with Gasteiger partial charge in [-0.2, -0.15) is 0 Å². The van der Waals surface area contributed by atoms with E-state index in [2.05, 4.69) is 56.0 Å². The standard InChI is InChI=1S/C24H40OSSi/c1-27(2,3)23(26-22-16-12-11-13-17-22)18-21-24(25)19-14-9-7-5-4-6-8-10-15-20-24/h11-13,16-18,25H,4-10,14-15,19-21H2,1-3H3. The van der Waals surface area contributed by atoms with Crippen LogP contribution in [0.2, 0.25) is 19.6 Å². The Morgan fingerprint density at radius 2 is 1.37 bits per heavy atom. The fraction of sp³-hybridized carbons (Fsp3) is 0.667. The summed E-state index contributed by atoms with van der Waals surface area (Å²) in [4.78, 5) is 1.32. The molecule has 0 saturated heterocycles. The summed E-state index contributed by atoms with van der Waals surface area (Å²) in [5.41, 5.74) is -0.499. The van der Waals surface area contributed by atoms with Crippen molar-refractivity contribution < 1.29 is 5.11 Å². The van der Waals surface area contributed by atoms with Gasteiger partial charge in [0.15, 0.2) is 0 Å². The summed E-state index contributed by atoms with van der Waals surface area (Å²) in [6.45, 7) is 7.25. The van der Waals surface area contributed by atoms with Crippen LogP contribution in [0.5, 0.6) is 0 Å². The topological polar surface area (TPSA) is 20.2 Å². The molecule has 0 amide bonds. The second-order valence-electron chi connectivity index (χ2n) is 9.34. The maximum Gasteiger partial charge on any atom is 0.0857 e. The van der Waals surface area contributed by atoms with Crippen LogP contribution in [0.4, 0.5) is 0 Å². The first kappa shape index (κ1) is 22.8. The van der Waals surface area contributed by atoms with Gasteiger partial charge in [-0.15, -0.1) is 0 Å². The van der Waals surface area contributed by atoms with Crippen molar-refractivity contribution in [2.24, 2.45) is 0 Å². The molecule has 0 aliphatic heterocycles. The Kier molecular flexibility index (Phi) is 9.68. The molecule has 1 fully saturated rings. The van der Waals surface area contributed by atoms with Gasteiger partial charge < -0.3 is 5.11 Å². The van der Waals surface area contributed by atoms with Gasteiger partial charge in [0.1, 0.15) is 0 Å². The number of rotatable bonds is 5. The molecule has 1 aliphatic carbocycles. The first-order chi connectivity index (χ1) is 12.9. The fourth-order valence-corrected chi connectivity index (χ4v) is 6.88. The maximum absolute atomic E-state index is 11.4. The van der Waals surface area contributed by atoms with E-state index in [0.717, 1.165) is 19.3 Å². The van der Waals surface area contributed by atoms with Crippen molar-refractivity contribution >= 4 is 19.8 Å². The van der Waals surface area contributed by atoms with Crippen LogP contribution < -0.4 is 0 Å². The van der Waals surface area contributed by atoms with E-state index >= 15 is 0 Å². The van der Waals surface area contributed by atoms with Crippen LogP contribution in [0.15, 0.2) is 45.8 Å². The number of benzene rings is 1. The van der Waals surface area contributed by atoms with E-state index in [1.807, 2.05) is 11.8 Å². The summed E-state index contributed by atoms with van der Waals surface area (Å²) >= 11 is 1.92. The average Bonchev–Trinajstić information content (AvgIpc) is 2.62. The van der Waals surface area contributed by atoms with Gasteiger partial charge in [0.25, 0.3) is 0 Å². The van der Waals surface area contributed by atoms with E-state index in [0.29, 0.717) is 0 Å². The van der Waals surface area contributed by atoms with E-state index in [9.17, 15) is 5.11 Å². The molecule has 0 unspecified atom stereocenters. The Morgan fingerprint density at radius 1 is 0.889 bits per heavy atom. The molecular weight excluding hydrogens is 364 g/mol. The molecule has 1 nitrogen and oxygen atoms in total. The first-order valence-electron chi connectivity index (χ1n) is 11.1. The summed E-state index contributed by atoms with van der Waals surface area (Å²) in [6, 6.07) is 10.7. The summed E-state index contributed by atoms with van der Waals surface area (Å²) in [7, 11) is -1.43. The lowest BCUT2D eigenvalue weighted by atomic mass is 9.86. The first-order valence-corrected chi connectivity index (χ1v) is 15.4.